The number of ether oxygens (including phenoxy) is 1. The second kappa shape index (κ2) is 5.90. The van der Waals surface area contributed by atoms with Gasteiger partial charge in [-0.1, -0.05) is 0 Å². The van der Waals surface area contributed by atoms with Crippen molar-refractivity contribution in [3.05, 3.63) is 51.5 Å². The number of carbonyl (C=O) groups is 1. The maximum Gasteiger partial charge on any atom is 0.415 e. The SMILES string of the molecule is NC[C@H]1CN(c2cc(Cn3cccc(F)c3=O)cs2)C(=O)O1. The van der Waals surface area contributed by atoms with Crippen molar-refractivity contribution < 1.29 is 13.9 Å². The molecule has 0 unspecified atom stereocenters. The lowest BCUT2D eigenvalue weighted by Gasteiger charge is -2.09. The standard InChI is InChI=1S/C14H14FN3O3S/c15-11-2-1-3-17(13(11)19)6-9-4-12(22-8-9)18-7-10(5-16)21-14(18)20/h1-4,8,10H,5-7,16H2/t10-/m0/s1. The Labute approximate surface area is 129 Å². The maximum absolute atomic E-state index is 13.3. The monoisotopic (exact) mass is 323 g/mol. The Hall–Kier alpha value is -2.19. The Morgan fingerprint density at radius 2 is 2.27 bits per heavy atom. The van der Waals surface area contributed by atoms with Crippen molar-refractivity contribution in [1.82, 2.24) is 4.57 Å². The molecule has 1 aliphatic heterocycles. The first kappa shape index (κ1) is 14.7. The molecule has 0 spiro atoms. The van der Waals surface area contributed by atoms with Crippen LogP contribution in [0.15, 0.2) is 34.6 Å². The number of anilines is 1. The Kier molecular flexibility index (Phi) is 3.95. The number of nitrogens with two attached hydrogens (primary N) is 1. The molecule has 0 aromatic carbocycles. The van der Waals surface area contributed by atoms with Gasteiger partial charge in [0.1, 0.15) is 11.1 Å². The van der Waals surface area contributed by atoms with Crippen molar-refractivity contribution >= 4 is 22.4 Å². The molecule has 116 valence electrons. The second-order valence-corrected chi connectivity index (χ2v) is 5.82. The lowest BCUT2D eigenvalue weighted by molar-refractivity contribution is 0.145. The highest BCUT2D eigenvalue weighted by Gasteiger charge is 2.32. The van der Waals surface area contributed by atoms with Gasteiger partial charge in [0, 0.05) is 12.7 Å². The number of cyclic esters (lactones) is 1. The Balaban J connectivity index is 1.78. The highest BCUT2D eigenvalue weighted by molar-refractivity contribution is 7.14. The highest BCUT2D eigenvalue weighted by atomic mass is 32.1. The lowest BCUT2D eigenvalue weighted by atomic mass is 10.3. The summed E-state index contributed by atoms with van der Waals surface area (Å²) in [4.78, 5) is 24.9. The number of carbonyl (C=O) groups excluding carboxylic acids is 1. The molecular weight excluding hydrogens is 309 g/mol. The molecule has 0 radical (unpaired) electrons. The third-order valence-corrected chi connectivity index (χ3v) is 4.37. The summed E-state index contributed by atoms with van der Waals surface area (Å²) in [6.07, 6.45) is 0.799. The smallest absolute Gasteiger partial charge is 0.415 e. The van der Waals surface area contributed by atoms with Gasteiger partial charge in [-0.25, -0.2) is 9.18 Å². The van der Waals surface area contributed by atoms with Gasteiger partial charge < -0.3 is 15.0 Å². The molecule has 0 saturated carbocycles. The average Bonchev–Trinajstić information content (AvgIpc) is 3.10. The fourth-order valence-electron chi connectivity index (χ4n) is 2.24. The minimum absolute atomic E-state index is 0.246. The normalized spacial score (nSPS) is 17.8. The van der Waals surface area contributed by atoms with Gasteiger partial charge in [0.25, 0.3) is 5.56 Å². The molecule has 1 fully saturated rings. The molecule has 22 heavy (non-hydrogen) atoms. The molecule has 3 rings (SSSR count). The summed E-state index contributed by atoms with van der Waals surface area (Å²) >= 11 is 1.37. The van der Waals surface area contributed by atoms with Gasteiger partial charge >= 0.3 is 6.09 Å². The number of thiophene rings is 1. The fraction of sp³-hybridized carbons (Fsp3) is 0.286. The zero-order chi connectivity index (χ0) is 15.7. The van der Waals surface area contributed by atoms with Crippen molar-refractivity contribution in [2.24, 2.45) is 5.73 Å². The third kappa shape index (κ3) is 2.75. The van der Waals surface area contributed by atoms with E-state index in [1.807, 2.05) is 5.38 Å². The number of halogens is 1. The number of amides is 1. The minimum atomic E-state index is -0.785. The van der Waals surface area contributed by atoms with E-state index < -0.39 is 17.5 Å². The van der Waals surface area contributed by atoms with E-state index in [1.54, 1.807) is 6.07 Å². The van der Waals surface area contributed by atoms with Gasteiger partial charge in [-0.05, 0) is 29.1 Å². The Bertz CT molecular complexity index is 758. The van der Waals surface area contributed by atoms with Gasteiger partial charge in [-0.3, -0.25) is 9.69 Å². The molecule has 6 nitrogen and oxygen atoms in total. The van der Waals surface area contributed by atoms with Crippen LogP contribution in [-0.2, 0) is 11.3 Å². The highest BCUT2D eigenvalue weighted by Crippen LogP contribution is 2.29. The number of rotatable bonds is 4. The molecule has 1 amide bonds. The summed E-state index contributed by atoms with van der Waals surface area (Å²) in [5.74, 6) is -0.785. The average molecular weight is 323 g/mol. The topological polar surface area (TPSA) is 77.6 Å². The molecule has 1 saturated heterocycles. The molecular formula is C14H14FN3O3S. The van der Waals surface area contributed by atoms with Crippen molar-refractivity contribution in [2.45, 2.75) is 12.6 Å². The summed E-state index contributed by atoms with van der Waals surface area (Å²) in [5.41, 5.74) is 5.65. The number of hydrogen-bond donors (Lipinski definition) is 1. The van der Waals surface area contributed by atoms with E-state index in [1.165, 1.54) is 33.1 Å². The summed E-state index contributed by atoms with van der Waals surface area (Å²) in [7, 11) is 0. The Morgan fingerprint density at radius 1 is 1.45 bits per heavy atom. The summed E-state index contributed by atoms with van der Waals surface area (Å²) in [6.45, 7) is 0.935. The predicted octanol–water partition coefficient (Wildman–Crippen LogP) is 1.38. The van der Waals surface area contributed by atoms with Gasteiger partial charge in [0.2, 0.25) is 0 Å². The van der Waals surface area contributed by atoms with Crippen LogP contribution in [0.3, 0.4) is 0 Å². The second-order valence-electron chi connectivity index (χ2n) is 4.93. The van der Waals surface area contributed by atoms with Crippen molar-refractivity contribution in [3.63, 3.8) is 0 Å². The van der Waals surface area contributed by atoms with Crippen LogP contribution in [0.2, 0.25) is 0 Å². The number of hydrogen-bond acceptors (Lipinski definition) is 5. The molecule has 0 bridgehead atoms. The van der Waals surface area contributed by atoms with E-state index >= 15 is 0 Å². The molecule has 2 aromatic rings. The maximum atomic E-state index is 13.3. The van der Waals surface area contributed by atoms with Gasteiger partial charge in [0.05, 0.1) is 13.1 Å². The van der Waals surface area contributed by atoms with Crippen molar-refractivity contribution in [1.29, 1.82) is 0 Å². The van der Waals surface area contributed by atoms with E-state index in [9.17, 15) is 14.0 Å². The predicted molar refractivity (Wildman–Crippen MR) is 80.8 cm³/mol. The van der Waals surface area contributed by atoms with Gasteiger partial charge in [0.15, 0.2) is 5.82 Å². The molecule has 1 aliphatic rings. The number of nitrogens with zero attached hydrogens (tertiary/aromatic N) is 2. The van der Waals surface area contributed by atoms with Crippen LogP contribution < -0.4 is 16.2 Å². The lowest BCUT2D eigenvalue weighted by Crippen LogP contribution is -2.26. The Morgan fingerprint density at radius 3 is 3.00 bits per heavy atom. The summed E-state index contributed by atoms with van der Waals surface area (Å²) in [5, 5.41) is 2.55. The van der Waals surface area contributed by atoms with Crippen LogP contribution >= 0.6 is 11.3 Å². The molecule has 0 aliphatic carbocycles. The first-order chi connectivity index (χ1) is 10.6. The van der Waals surface area contributed by atoms with Crippen LogP contribution in [0.25, 0.3) is 0 Å². The molecule has 2 N–H and O–H groups in total. The van der Waals surface area contributed by atoms with Crippen LogP contribution in [-0.4, -0.2) is 29.9 Å². The fourth-order valence-corrected chi connectivity index (χ4v) is 3.15. The number of aromatic nitrogens is 1. The van der Waals surface area contributed by atoms with E-state index in [0.717, 1.165) is 16.6 Å². The first-order valence-electron chi connectivity index (χ1n) is 6.69. The zero-order valence-corrected chi connectivity index (χ0v) is 12.4. The van der Waals surface area contributed by atoms with E-state index in [-0.39, 0.29) is 19.2 Å². The van der Waals surface area contributed by atoms with E-state index in [2.05, 4.69) is 0 Å². The summed E-state index contributed by atoms with van der Waals surface area (Å²) in [6, 6.07) is 4.40. The largest absolute Gasteiger partial charge is 0.443 e. The molecule has 3 heterocycles. The zero-order valence-electron chi connectivity index (χ0n) is 11.6. The molecule has 8 heteroatoms. The van der Waals surface area contributed by atoms with E-state index in [0.29, 0.717) is 6.54 Å². The molecule has 2 aromatic heterocycles. The van der Waals surface area contributed by atoms with Gasteiger partial charge in [-0.2, -0.15) is 0 Å². The van der Waals surface area contributed by atoms with Crippen LogP contribution in [0.4, 0.5) is 14.2 Å². The van der Waals surface area contributed by atoms with Crippen molar-refractivity contribution in [2.75, 3.05) is 18.0 Å². The number of pyridine rings is 1. The van der Waals surface area contributed by atoms with Crippen LogP contribution in [0.5, 0.6) is 0 Å². The molecule has 1 atom stereocenters. The van der Waals surface area contributed by atoms with Gasteiger partial charge in [-0.15, -0.1) is 11.3 Å². The van der Waals surface area contributed by atoms with Crippen molar-refractivity contribution in [3.8, 4) is 0 Å². The summed E-state index contributed by atoms with van der Waals surface area (Å²) < 4.78 is 19.6. The third-order valence-electron chi connectivity index (χ3n) is 3.37. The minimum Gasteiger partial charge on any atom is -0.443 e. The quantitative estimate of drug-likeness (QED) is 0.922. The van der Waals surface area contributed by atoms with E-state index in [4.69, 9.17) is 10.5 Å². The van der Waals surface area contributed by atoms with Crippen LogP contribution in [0.1, 0.15) is 5.56 Å². The van der Waals surface area contributed by atoms with Crippen LogP contribution in [0, 0.1) is 5.82 Å². The first-order valence-corrected chi connectivity index (χ1v) is 7.57.